The number of nitrogens with one attached hydrogen (secondary N) is 4. The lowest BCUT2D eigenvalue weighted by molar-refractivity contribution is -0.147. The predicted octanol–water partition coefficient (Wildman–Crippen LogP) is 5.33. The molecule has 4 N–H and O–H groups in total. The fourth-order valence-corrected chi connectivity index (χ4v) is 6.83. The van der Waals surface area contributed by atoms with E-state index in [1.54, 1.807) is 45.0 Å². The van der Waals surface area contributed by atoms with E-state index in [0.717, 1.165) is 24.0 Å². The minimum absolute atomic E-state index is 0.0132. The van der Waals surface area contributed by atoms with Crippen LogP contribution >= 0.6 is 0 Å². The Hall–Kier alpha value is -5.76. The second kappa shape index (κ2) is 22.4. The Labute approximate surface area is 347 Å². The van der Waals surface area contributed by atoms with Crippen molar-refractivity contribution < 1.29 is 43.0 Å². The highest BCUT2D eigenvalue weighted by Gasteiger charge is 2.49. The molecule has 1 fully saturated rings. The maximum Gasteiger partial charge on any atom is 0.407 e. The van der Waals surface area contributed by atoms with E-state index < -0.39 is 65.5 Å². The van der Waals surface area contributed by atoms with Crippen LogP contribution < -0.4 is 21.3 Å². The number of carbonyl (C=O) groups is 6. The van der Waals surface area contributed by atoms with Gasteiger partial charge in [0.25, 0.3) is 5.91 Å². The van der Waals surface area contributed by atoms with Gasteiger partial charge in [-0.25, -0.2) is 9.59 Å². The van der Waals surface area contributed by atoms with E-state index in [-0.39, 0.29) is 38.9 Å². The SMILES string of the molecule is CCCCCC(=O)NC(Cc1ccccc1-c1ccccc1)(C(=O)NC(Cc1ccccc1)C(=O)NC(=O)N1CCOCC1)C(CNC(=O)OC(C)(C)C)COC(C)=O. The van der Waals surface area contributed by atoms with Gasteiger partial charge in [-0.15, -0.1) is 0 Å². The van der Waals surface area contributed by atoms with Crippen molar-refractivity contribution in [3.63, 3.8) is 0 Å². The molecular weight excluding hydrogens is 755 g/mol. The number of carbonyl (C=O) groups excluding carboxylic acids is 6. The van der Waals surface area contributed by atoms with Gasteiger partial charge in [-0.3, -0.25) is 24.5 Å². The van der Waals surface area contributed by atoms with Crippen LogP contribution in [0.25, 0.3) is 11.1 Å². The molecule has 318 valence electrons. The Bertz CT molecular complexity index is 1860. The standard InChI is InChI=1S/C45H59N5O9/c1-6-7-10-23-39(52)49-45(29-35-21-15-16-22-37(35)34-19-13-9-14-20-34,36(31-58-32(2)51)30-46-43(56)59-44(3,4)5)41(54)47-38(28-33-17-11-8-12-18-33)40(53)48-42(55)50-24-26-57-27-25-50/h8-9,11-22,36,38H,6-7,10,23-31H2,1-5H3,(H,46,56)(H,47,54)(H,49,52)(H,48,53,55). The maximum atomic E-state index is 15.5. The maximum absolute atomic E-state index is 15.5. The summed E-state index contributed by atoms with van der Waals surface area (Å²) in [7, 11) is 0. The highest BCUT2D eigenvalue weighted by atomic mass is 16.6. The lowest BCUT2D eigenvalue weighted by atomic mass is 9.76. The van der Waals surface area contributed by atoms with E-state index >= 15 is 4.79 Å². The smallest absolute Gasteiger partial charge is 0.407 e. The number of nitrogens with zero attached hydrogens (tertiary/aromatic N) is 1. The van der Waals surface area contributed by atoms with Gasteiger partial charge in [-0.2, -0.15) is 0 Å². The summed E-state index contributed by atoms with van der Waals surface area (Å²) >= 11 is 0. The van der Waals surface area contributed by atoms with Crippen molar-refractivity contribution in [3.8, 4) is 11.1 Å². The fourth-order valence-electron chi connectivity index (χ4n) is 6.83. The molecule has 14 nitrogen and oxygen atoms in total. The number of hydrogen-bond acceptors (Lipinski definition) is 9. The summed E-state index contributed by atoms with van der Waals surface area (Å²) in [4.78, 5) is 84.2. The number of imide groups is 1. The molecule has 1 aliphatic heterocycles. The van der Waals surface area contributed by atoms with E-state index in [1.807, 2.05) is 67.6 Å². The molecule has 0 radical (unpaired) electrons. The fraction of sp³-hybridized carbons (Fsp3) is 0.467. The Morgan fingerprint density at radius 3 is 2.14 bits per heavy atom. The van der Waals surface area contributed by atoms with Crippen molar-refractivity contribution in [1.82, 2.24) is 26.2 Å². The largest absolute Gasteiger partial charge is 0.465 e. The number of unbranched alkanes of at least 4 members (excludes halogenated alkanes) is 2. The van der Waals surface area contributed by atoms with Gasteiger partial charge in [0.15, 0.2) is 0 Å². The molecule has 1 saturated heterocycles. The van der Waals surface area contributed by atoms with Crippen molar-refractivity contribution >= 4 is 35.8 Å². The van der Waals surface area contributed by atoms with E-state index in [9.17, 15) is 24.0 Å². The molecule has 0 aliphatic carbocycles. The number of amides is 6. The van der Waals surface area contributed by atoms with Crippen molar-refractivity contribution in [2.75, 3.05) is 39.5 Å². The van der Waals surface area contributed by atoms with Crippen LogP contribution in [0.1, 0.15) is 71.4 Å². The quantitative estimate of drug-likeness (QED) is 0.0975. The van der Waals surface area contributed by atoms with Gasteiger partial charge in [0.1, 0.15) is 17.2 Å². The third-order valence-corrected chi connectivity index (χ3v) is 9.86. The molecule has 3 aromatic carbocycles. The van der Waals surface area contributed by atoms with E-state index in [4.69, 9.17) is 14.2 Å². The van der Waals surface area contributed by atoms with Crippen molar-refractivity contribution in [2.24, 2.45) is 5.92 Å². The van der Waals surface area contributed by atoms with Gasteiger partial charge in [0.05, 0.1) is 19.8 Å². The van der Waals surface area contributed by atoms with Gasteiger partial charge in [-0.05, 0) is 49.4 Å². The first kappa shape index (κ1) is 45.9. The monoisotopic (exact) mass is 813 g/mol. The summed E-state index contributed by atoms with van der Waals surface area (Å²) in [6.07, 6.45) is 1.26. The van der Waals surface area contributed by atoms with E-state index in [2.05, 4.69) is 21.3 Å². The summed E-state index contributed by atoms with van der Waals surface area (Å²) in [5, 5.41) is 11.2. The second-order valence-electron chi connectivity index (χ2n) is 15.7. The highest BCUT2D eigenvalue weighted by molar-refractivity contribution is 6.01. The first-order chi connectivity index (χ1) is 28.2. The molecule has 1 heterocycles. The highest BCUT2D eigenvalue weighted by Crippen LogP contribution is 2.32. The minimum atomic E-state index is -1.97. The zero-order chi connectivity index (χ0) is 42.8. The van der Waals surface area contributed by atoms with E-state index in [1.165, 1.54) is 11.8 Å². The number of rotatable bonds is 18. The lowest BCUT2D eigenvalue weighted by Gasteiger charge is -2.41. The van der Waals surface area contributed by atoms with Crippen molar-refractivity contribution in [1.29, 1.82) is 0 Å². The van der Waals surface area contributed by atoms with Gasteiger partial charge in [0, 0.05) is 51.7 Å². The number of urea groups is 1. The van der Waals surface area contributed by atoms with Gasteiger partial charge >= 0.3 is 18.1 Å². The molecule has 4 rings (SSSR count). The number of esters is 1. The number of ether oxygens (including phenoxy) is 3. The molecule has 3 atom stereocenters. The molecule has 14 heteroatoms. The summed E-state index contributed by atoms with van der Waals surface area (Å²) in [6.45, 7) is 8.86. The predicted molar refractivity (Wildman–Crippen MR) is 223 cm³/mol. The van der Waals surface area contributed by atoms with Crippen LogP contribution in [0.2, 0.25) is 0 Å². The van der Waals surface area contributed by atoms with Crippen LogP contribution in [-0.2, 0) is 46.2 Å². The molecule has 6 amide bonds. The Balaban J connectivity index is 1.88. The number of alkyl carbamates (subject to hydrolysis) is 1. The summed E-state index contributed by atoms with van der Waals surface area (Å²) in [5.41, 5.74) is 0.132. The molecular formula is C45H59N5O9. The topological polar surface area (TPSA) is 181 Å². The second-order valence-corrected chi connectivity index (χ2v) is 15.7. The molecule has 0 bridgehead atoms. The van der Waals surface area contributed by atoms with Crippen LogP contribution in [0.3, 0.4) is 0 Å². The van der Waals surface area contributed by atoms with Gasteiger partial charge in [-0.1, -0.05) is 105 Å². The summed E-state index contributed by atoms with van der Waals surface area (Å²) in [5.74, 6) is -3.78. The molecule has 3 unspecified atom stereocenters. The number of morpholine rings is 1. The average Bonchev–Trinajstić information content (AvgIpc) is 3.20. The zero-order valence-electron chi connectivity index (χ0n) is 34.8. The first-order valence-electron chi connectivity index (χ1n) is 20.3. The zero-order valence-corrected chi connectivity index (χ0v) is 34.8. The van der Waals surface area contributed by atoms with Crippen LogP contribution in [0, 0.1) is 5.92 Å². The Kier molecular flexibility index (Phi) is 17.4. The van der Waals surface area contributed by atoms with Crippen LogP contribution in [0.4, 0.5) is 9.59 Å². The normalized spacial score (nSPS) is 14.8. The first-order valence-corrected chi connectivity index (χ1v) is 20.3. The van der Waals surface area contributed by atoms with Crippen molar-refractivity contribution in [2.45, 2.75) is 90.3 Å². The molecule has 59 heavy (non-hydrogen) atoms. The number of benzene rings is 3. The average molecular weight is 814 g/mol. The van der Waals surface area contributed by atoms with Crippen LogP contribution in [0.5, 0.6) is 0 Å². The van der Waals surface area contributed by atoms with Crippen LogP contribution in [0.15, 0.2) is 84.9 Å². The number of hydrogen-bond donors (Lipinski definition) is 4. The molecule has 3 aromatic rings. The lowest BCUT2D eigenvalue weighted by Crippen LogP contribution is -2.69. The Morgan fingerprint density at radius 2 is 1.49 bits per heavy atom. The molecule has 0 aromatic heterocycles. The summed E-state index contributed by atoms with van der Waals surface area (Å²) < 4.78 is 16.5. The van der Waals surface area contributed by atoms with Gasteiger partial charge in [0.2, 0.25) is 11.8 Å². The van der Waals surface area contributed by atoms with Crippen molar-refractivity contribution in [3.05, 3.63) is 96.1 Å². The molecule has 1 aliphatic rings. The molecule has 0 spiro atoms. The van der Waals surface area contributed by atoms with E-state index in [0.29, 0.717) is 30.8 Å². The minimum Gasteiger partial charge on any atom is -0.465 e. The Morgan fingerprint density at radius 1 is 0.847 bits per heavy atom. The van der Waals surface area contributed by atoms with Crippen LogP contribution in [-0.4, -0.2) is 97.4 Å². The third-order valence-electron chi connectivity index (χ3n) is 9.86. The summed E-state index contributed by atoms with van der Waals surface area (Å²) in [6, 6.07) is 24.0. The van der Waals surface area contributed by atoms with Gasteiger partial charge < -0.3 is 35.1 Å². The third kappa shape index (κ3) is 14.5. The molecule has 0 saturated carbocycles.